The topological polar surface area (TPSA) is 69.6 Å². The summed E-state index contributed by atoms with van der Waals surface area (Å²) >= 11 is 0. The number of carboxylic acid groups (broad SMARTS) is 1. The molecule has 0 saturated heterocycles. The van der Waals surface area contributed by atoms with E-state index in [1.165, 1.54) is 44.9 Å². The average molecular weight is 350 g/mol. The van der Waals surface area contributed by atoms with Gasteiger partial charge in [-0.3, -0.25) is 4.79 Å². The van der Waals surface area contributed by atoms with Crippen LogP contribution in [-0.4, -0.2) is 28.8 Å². The van der Waals surface area contributed by atoms with E-state index in [1.54, 1.807) is 0 Å². The van der Waals surface area contributed by atoms with E-state index in [0.29, 0.717) is 6.54 Å². The Labute approximate surface area is 152 Å². The highest BCUT2D eigenvalue weighted by Gasteiger charge is 2.16. The highest BCUT2D eigenvalue weighted by molar-refractivity contribution is 5.67. The van der Waals surface area contributed by atoms with Crippen molar-refractivity contribution in [1.29, 1.82) is 0 Å². The van der Waals surface area contributed by atoms with Gasteiger partial charge in [-0.2, -0.15) is 0 Å². The van der Waals surface area contributed by atoms with Gasteiger partial charge in [0.2, 0.25) is 0 Å². The van der Waals surface area contributed by atoms with Crippen LogP contribution in [0.4, 0.5) is 0 Å². The molecule has 0 heterocycles. The summed E-state index contributed by atoms with van der Waals surface area (Å²) < 4.78 is 0. The standard InChI is InChI=1S/C21H35NO3/c1-2-3-4-5-6-7-8-12-15-19(23)17-22-20(16-21(24)25)18-13-10-9-11-14-18/h9-11,13-14,19-20,22-23H,2-8,12,15-17H2,1H3,(H,24,25). The lowest BCUT2D eigenvalue weighted by Crippen LogP contribution is -2.31. The number of carbonyl (C=O) groups is 1. The third kappa shape index (κ3) is 11.0. The minimum atomic E-state index is -0.834. The molecule has 1 rings (SSSR count). The minimum absolute atomic E-state index is 0.0223. The van der Waals surface area contributed by atoms with Gasteiger partial charge in [-0.05, 0) is 12.0 Å². The van der Waals surface area contributed by atoms with Crippen LogP contribution in [-0.2, 0) is 4.79 Å². The first-order valence-electron chi connectivity index (χ1n) is 9.81. The predicted molar refractivity (Wildman–Crippen MR) is 103 cm³/mol. The molecule has 142 valence electrons. The molecule has 0 amide bonds. The van der Waals surface area contributed by atoms with Gasteiger partial charge >= 0.3 is 5.97 Å². The van der Waals surface area contributed by atoms with Gasteiger partial charge in [-0.15, -0.1) is 0 Å². The summed E-state index contributed by atoms with van der Waals surface area (Å²) in [6.45, 7) is 2.66. The Morgan fingerprint density at radius 3 is 2.20 bits per heavy atom. The zero-order valence-electron chi connectivity index (χ0n) is 15.6. The van der Waals surface area contributed by atoms with Gasteiger partial charge < -0.3 is 15.5 Å². The van der Waals surface area contributed by atoms with Crippen LogP contribution < -0.4 is 5.32 Å². The van der Waals surface area contributed by atoms with Crippen LogP contribution in [0.3, 0.4) is 0 Å². The van der Waals surface area contributed by atoms with Crippen molar-refractivity contribution in [3.63, 3.8) is 0 Å². The maximum Gasteiger partial charge on any atom is 0.305 e. The summed E-state index contributed by atoms with van der Waals surface area (Å²) in [7, 11) is 0. The monoisotopic (exact) mass is 349 g/mol. The molecule has 0 saturated carbocycles. The van der Waals surface area contributed by atoms with E-state index in [-0.39, 0.29) is 12.5 Å². The minimum Gasteiger partial charge on any atom is -0.481 e. The Morgan fingerprint density at radius 2 is 1.60 bits per heavy atom. The van der Waals surface area contributed by atoms with Gasteiger partial charge in [-0.25, -0.2) is 0 Å². The second-order valence-corrected chi connectivity index (χ2v) is 6.89. The van der Waals surface area contributed by atoms with Crippen molar-refractivity contribution in [3.05, 3.63) is 35.9 Å². The van der Waals surface area contributed by atoms with Gasteiger partial charge in [0.15, 0.2) is 0 Å². The molecule has 0 aliphatic heterocycles. The molecule has 2 unspecified atom stereocenters. The predicted octanol–water partition coefficient (Wildman–Crippen LogP) is 4.68. The molecular formula is C21H35NO3. The molecule has 0 radical (unpaired) electrons. The van der Waals surface area contributed by atoms with E-state index in [4.69, 9.17) is 5.11 Å². The average Bonchev–Trinajstić information content (AvgIpc) is 2.61. The van der Waals surface area contributed by atoms with E-state index in [1.807, 2.05) is 30.3 Å². The Bertz CT molecular complexity index is 450. The van der Waals surface area contributed by atoms with Crippen molar-refractivity contribution in [1.82, 2.24) is 5.32 Å². The van der Waals surface area contributed by atoms with E-state index >= 15 is 0 Å². The van der Waals surface area contributed by atoms with E-state index in [0.717, 1.165) is 18.4 Å². The third-order valence-corrected chi connectivity index (χ3v) is 4.57. The number of benzene rings is 1. The van der Waals surface area contributed by atoms with Gasteiger partial charge in [-0.1, -0.05) is 88.6 Å². The van der Waals surface area contributed by atoms with Crippen molar-refractivity contribution in [2.75, 3.05) is 6.54 Å². The summed E-state index contributed by atoms with van der Waals surface area (Å²) in [6, 6.07) is 9.31. The summed E-state index contributed by atoms with van der Waals surface area (Å²) in [4.78, 5) is 11.1. The quantitative estimate of drug-likeness (QED) is 0.402. The molecule has 3 N–H and O–H groups in total. The van der Waals surface area contributed by atoms with Crippen LogP contribution in [0.2, 0.25) is 0 Å². The van der Waals surface area contributed by atoms with Crippen molar-refractivity contribution < 1.29 is 15.0 Å². The number of carboxylic acids is 1. The smallest absolute Gasteiger partial charge is 0.305 e. The van der Waals surface area contributed by atoms with Crippen LogP contribution in [0.1, 0.15) is 82.7 Å². The molecule has 4 nitrogen and oxygen atoms in total. The lowest BCUT2D eigenvalue weighted by atomic mass is 10.0. The first-order valence-corrected chi connectivity index (χ1v) is 9.81. The molecule has 4 heteroatoms. The largest absolute Gasteiger partial charge is 0.481 e. The molecule has 0 aliphatic carbocycles. The summed E-state index contributed by atoms with van der Waals surface area (Å²) in [6.07, 6.45) is 10.4. The molecule has 2 atom stereocenters. The molecule has 0 spiro atoms. The zero-order valence-corrected chi connectivity index (χ0v) is 15.6. The maximum absolute atomic E-state index is 11.1. The lowest BCUT2D eigenvalue weighted by Gasteiger charge is -2.20. The van der Waals surface area contributed by atoms with Crippen LogP contribution in [0.25, 0.3) is 0 Å². The molecule has 25 heavy (non-hydrogen) atoms. The van der Waals surface area contributed by atoms with Crippen LogP contribution >= 0.6 is 0 Å². The fraction of sp³-hybridized carbons (Fsp3) is 0.667. The van der Waals surface area contributed by atoms with E-state index in [9.17, 15) is 9.90 Å². The van der Waals surface area contributed by atoms with Gasteiger partial charge in [0, 0.05) is 12.6 Å². The number of unbranched alkanes of at least 4 members (excludes halogenated alkanes) is 7. The highest BCUT2D eigenvalue weighted by atomic mass is 16.4. The molecule has 1 aromatic carbocycles. The van der Waals surface area contributed by atoms with Gasteiger partial charge in [0.25, 0.3) is 0 Å². The summed E-state index contributed by atoms with van der Waals surface area (Å²) in [5.41, 5.74) is 0.948. The Hall–Kier alpha value is -1.39. The second-order valence-electron chi connectivity index (χ2n) is 6.89. The van der Waals surface area contributed by atoms with Crippen LogP contribution in [0.5, 0.6) is 0 Å². The van der Waals surface area contributed by atoms with E-state index < -0.39 is 12.1 Å². The second kappa shape index (κ2) is 13.9. The molecule has 0 aliphatic rings. The number of hydrogen-bond acceptors (Lipinski definition) is 3. The van der Waals surface area contributed by atoms with Crippen molar-refractivity contribution in [2.24, 2.45) is 0 Å². The molecule has 0 bridgehead atoms. The fourth-order valence-electron chi connectivity index (χ4n) is 3.06. The maximum atomic E-state index is 11.1. The van der Waals surface area contributed by atoms with Crippen LogP contribution in [0.15, 0.2) is 30.3 Å². The first-order chi connectivity index (χ1) is 12.1. The van der Waals surface area contributed by atoms with Crippen LogP contribution in [0, 0.1) is 0 Å². The summed E-state index contributed by atoms with van der Waals surface area (Å²) in [5.74, 6) is -0.834. The SMILES string of the molecule is CCCCCCCCCCC(O)CNC(CC(=O)O)c1ccccc1. The third-order valence-electron chi connectivity index (χ3n) is 4.57. The Balaban J connectivity index is 2.19. The van der Waals surface area contributed by atoms with E-state index in [2.05, 4.69) is 12.2 Å². The first kappa shape index (κ1) is 21.7. The number of rotatable bonds is 15. The normalized spacial score (nSPS) is 13.5. The Morgan fingerprint density at radius 1 is 1.00 bits per heavy atom. The number of hydrogen-bond donors (Lipinski definition) is 3. The lowest BCUT2D eigenvalue weighted by molar-refractivity contribution is -0.137. The highest BCUT2D eigenvalue weighted by Crippen LogP contribution is 2.17. The van der Waals surface area contributed by atoms with Crippen molar-refractivity contribution >= 4 is 5.97 Å². The Kier molecular flexibility index (Phi) is 12.0. The number of aliphatic hydroxyl groups is 1. The van der Waals surface area contributed by atoms with Crippen molar-refractivity contribution in [2.45, 2.75) is 83.3 Å². The molecule has 1 aromatic rings. The fourth-order valence-corrected chi connectivity index (χ4v) is 3.06. The molecule has 0 fully saturated rings. The number of aliphatic carboxylic acids is 1. The number of aliphatic hydroxyl groups excluding tert-OH is 1. The number of nitrogens with one attached hydrogen (secondary N) is 1. The van der Waals surface area contributed by atoms with Crippen molar-refractivity contribution in [3.8, 4) is 0 Å². The summed E-state index contributed by atoms with van der Waals surface area (Å²) in [5, 5.41) is 22.4. The van der Waals surface area contributed by atoms with Gasteiger partial charge in [0.05, 0.1) is 12.5 Å². The van der Waals surface area contributed by atoms with Gasteiger partial charge in [0.1, 0.15) is 0 Å². The molecular weight excluding hydrogens is 314 g/mol. The molecule has 0 aromatic heterocycles. The zero-order chi connectivity index (χ0) is 18.3.